The highest BCUT2D eigenvalue weighted by Crippen LogP contribution is 2.30. The van der Waals surface area contributed by atoms with Gasteiger partial charge in [-0.3, -0.25) is 19.3 Å². The van der Waals surface area contributed by atoms with E-state index in [2.05, 4.69) is 10.4 Å². The summed E-state index contributed by atoms with van der Waals surface area (Å²) in [6, 6.07) is 12.9. The topological polar surface area (TPSA) is 82.1 Å². The summed E-state index contributed by atoms with van der Waals surface area (Å²) in [5.41, 5.74) is 4.07. The molecule has 0 saturated carbocycles. The average Bonchev–Trinajstić information content (AvgIpc) is 2.69. The number of fused-ring (bicyclic) bond motifs is 1. The fraction of sp³-hybridized carbons (Fsp3) is 0.238. The van der Waals surface area contributed by atoms with E-state index in [1.807, 2.05) is 38.1 Å². The van der Waals surface area contributed by atoms with Crippen LogP contribution in [-0.2, 0) is 14.4 Å². The maximum absolute atomic E-state index is 13.2. The Hall–Kier alpha value is -3.48. The summed E-state index contributed by atoms with van der Waals surface area (Å²) in [5.74, 6) is -0.766. The van der Waals surface area contributed by atoms with E-state index in [-0.39, 0.29) is 42.8 Å². The van der Waals surface area contributed by atoms with Crippen LogP contribution in [0, 0.1) is 13.8 Å². The molecule has 0 aliphatic carbocycles. The van der Waals surface area contributed by atoms with E-state index in [1.54, 1.807) is 18.2 Å². The molecule has 142 valence electrons. The molecule has 0 fully saturated rings. The summed E-state index contributed by atoms with van der Waals surface area (Å²) in [4.78, 5) is 39.1. The Balaban J connectivity index is 1.71. The van der Waals surface area contributed by atoms with Gasteiger partial charge in [0.15, 0.2) is 0 Å². The van der Waals surface area contributed by atoms with E-state index >= 15 is 0 Å². The van der Waals surface area contributed by atoms with E-state index < -0.39 is 0 Å². The standard InChI is InChI=1S/C21H20N4O3/c1-13-7-8-14(2)18(11-13)25-20(27)10-9-16(23-25)21(28)24-12-19(26)22-15-5-3-4-6-17(15)24/h3-8,11H,9-10,12H2,1-2H3,(H,22,26). The molecule has 2 aliphatic heterocycles. The lowest BCUT2D eigenvalue weighted by Crippen LogP contribution is -2.47. The first-order valence-electron chi connectivity index (χ1n) is 9.12. The van der Waals surface area contributed by atoms with Crippen molar-refractivity contribution < 1.29 is 14.4 Å². The number of amides is 3. The number of rotatable bonds is 2. The predicted molar refractivity (Wildman–Crippen MR) is 107 cm³/mol. The molecule has 2 aromatic rings. The first-order valence-corrected chi connectivity index (χ1v) is 9.12. The fourth-order valence-corrected chi connectivity index (χ4v) is 3.41. The van der Waals surface area contributed by atoms with Gasteiger partial charge in [0, 0.05) is 12.8 Å². The number of nitrogens with zero attached hydrogens (tertiary/aromatic N) is 3. The van der Waals surface area contributed by atoms with E-state index in [9.17, 15) is 14.4 Å². The van der Waals surface area contributed by atoms with Crippen LogP contribution in [0.1, 0.15) is 24.0 Å². The molecule has 0 aromatic heterocycles. The van der Waals surface area contributed by atoms with Gasteiger partial charge in [0.2, 0.25) is 11.8 Å². The number of nitrogens with one attached hydrogen (secondary N) is 1. The minimum absolute atomic E-state index is 0.0771. The van der Waals surface area contributed by atoms with Gasteiger partial charge in [-0.15, -0.1) is 0 Å². The first kappa shape index (κ1) is 17.9. The maximum Gasteiger partial charge on any atom is 0.275 e. The highest BCUT2D eigenvalue weighted by Gasteiger charge is 2.33. The highest BCUT2D eigenvalue weighted by atomic mass is 16.2. The van der Waals surface area contributed by atoms with E-state index in [0.717, 1.165) is 11.1 Å². The summed E-state index contributed by atoms with van der Waals surface area (Å²) in [6.45, 7) is 3.77. The summed E-state index contributed by atoms with van der Waals surface area (Å²) < 4.78 is 0. The van der Waals surface area contributed by atoms with Crippen LogP contribution in [0.25, 0.3) is 0 Å². The van der Waals surface area contributed by atoms with Crippen LogP contribution in [0.5, 0.6) is 0 Å². The van der Waals surface area contributed by atoms with Crippen molar-refractivity contribution in [1.82, 2.24) is 0 Å². The normalized spacial score (nSPS) is 16.4. The van der Waals surface area contributed by atoms with Gasteiger partial charge >= 0.3 is 0 Å². The highest BCUT2D eigenvalue weighted by molar-refractivity contribution is 6.45. The first-order chi connectivity index (χ1) is 13.4. The largest absolute Gasteiger partial charge is 0.323 e. The van der Waals surface area contributed by atoms with Crippen LogP contribution in [0.4, 0.5) is 17.1 Å². The van der Waals surface area contributed by atoms with Crippen LogP contribution < -0.4 is 15.2 Å². The van der Waals surface area contributed by atoms with Crippen LogP contribution in [0.15, 0.2) is 47.6 Å². The zero-order chi connectivity index (χ0) is 19.8. The number of hydrogen-bond donors (Lipinski definition) is 1. The van der Waals surface area contributed by atoms with Gasteiger partial charge in [-0.1, -0.05) is 24.3 Å². The fourth-order valence-electron chi connectivity index (χ4n) is 3.41. The van der Waals surface area contributed by atoms with Crippen molar-refractivity contribution in [2.75, 3.05) is 21.8 Å². The third kappa shape index (κ3) is 3.15. The summed E-state index contributed by atoms with van der Waals surface area (Å²) in [6.07, 6.45) is 0.443. The van der Waals surface area contributed by atoms with Crippen LogP contribution >= 0.6 is 0 Å². The van der Waals surface area contributed by atoms with Crippen molar-refractivity contribution in [3.63, 3.8) is 0 Å². The number of carbonyl (C=O) groups is 3. The minimum Gasteiger partial charge on any atom is -0.323 e. The van der Waals surface area contributed by atoms with Crippen molar-refractivity contribution in [2.24, 2.45) is 5.10 Å². The molecule has 0 spiro atoms. The van der Waals surface area contributed by atoms with Gasteiger partial charge in [0.1, 0.15) is 12.3 Å². The van der Waals surface area contributed by atoms with Crippen molar-refractivity contribution in [3.05, 3.63) is 53.6 Å². The third-order valence-corrected chi connectivity index (χ3v) is 4.89. The quantitative estimate of drug-likeness (QED) is 0.875. The maximum atomic E-state index is 13.2. The molecule has 0 radical (unpaired) electrons. The number of para-hydroxylation sites is 2. The number of hydrazone groups is 1. The Kier molecular flexibility index (Phi) is 4.43. The zero-order valence-corrected chi connectivity index (χ0v) is 15.7. The number of aryl methyl sites for hydroxylation is 2. The smallest absolute Gasteiger partial charge is 0.275 e. The van der Waals surface area contributed by atoms with Crippen LogP contribution in [-0.4, -0.2) is 30.0 Å². The Morgan fingerprint density at radius 3 is 2.64 bits per heavy atom. The van der Waals surface area contributed by atoms with Crippen molar-refractivity contribution in [1.29, 1.82) is 0 Å². The Bertz CT molecular complexity index is 1030. The van der Waals surface area contributed by atoms with Crippen molar-refractivity contribution in [3.8, 4) is 0 Å². The lowest BCUT2D eigenvalue weighted by atomic mass is 10.1. The van der Waals surface area contributed by atoms with Gasteiger partial charge in [0.25, 0.3) is 5.91 Å². The summed E-state index contributed by atoms with van der Waals surface area (Å²) >= 11 is 0. The van der Waals surface area contributed by atoms with Crippen LogP contribution in [0.3, 0.4) is 0 Å². The molecule has 2 aliphatic rings. The minimum atomic E-state index is -0.356. The third-order valence-electron chi connectivity index (χ3n) is 4.89. The number of benzene rings is 2. The molecule has 1 N–H and O–H groups in total. The second kappa shape index (κ2) is 6.92. The van der Waals surface area contributed by atoms with E-state index in [1.165, 1.54) is 9.91 Å². The van der Waals surface area contributed by atoms with Crippen LogP contribution in [0.2, 0.25) is 0 Å². The molecule has 0 unspecified atom stereocenters. The molecular weight excluding hydrogens is 356 g/mol. The number of hydrogen-bond acceptors (Lipinski definition) is 4. The lowest BCUT2D eigenvalue weighted by Gasteiger charge is -2.31. The molecule has 7 heteroatoms. The second-order valence-electron chi connectivity index (χ2n) is 7.00. The lowest BCUT2D eigenvalue weighted by molar-refractivity contribution is -0.119. The average molecular weight is 376 g/mol. The van der Waals surface area contributed by atoms with Crippen molar-refractivity contribution >= 4 is 40.5 Å². The summed E-state index contributed by atoms with van der Waals surface area (Å²) in [5, 5.41) is 8.47. The molecule has 2 aromatic carbocycles. The van der Waals surface area contributed by atoms with Gasteiger partial charge in [-0.25, -0.2) is 5.01 Å². The molecule has 7 nitrogen and oxygen atoms in total. The monoisotopic (exact) mass is 376 g/mol. The molecule has 3 amide bonds. The van der Waals surface area contributed by atoms with Gasteiger partial charge in [-0.05, 0) is 43.2 Å². The number of anilines is 3. The summed E-state index contributed by atoms with van der Waals surface area (Å²) in [7, 11) is 0. The molecular formula is C21H20N4O3. The van der Waals surface area contributed by atoms with Crippen molar-refractivity contribution in [2.45, 2.75) is 26.7 Å². The Labute approximate surface area is 162 Å². The Morgan fingerprint density at radius 2 is 1.82 bits per heavy atom. The zero-order valence-electron chi connectivity index (χ0n) is 15.7. The van der Waals surface area contributed by atoms with E-state index in [0.29, 0.717) is 17.1 Å². The van der Waals surface area contributed by atoms with Gasteiger partial charge in [0.05, 0.1) is 17.1 Å². The molecule has 0 atom stereocenters. The molecule has 4 rings (SSSR count). The number of carbonyl (C=O) groups excluding carboxylic acids is 3. The van der Waals surface area contributed by atoms with Gasteiger partial charge < -0.3 is 5.32 Å². The Morgan fingerprint density at radius 1 is 1.04 bits per heavy atom. The molecule has 28 heavy (non-hydrogen) atoms. The molecule has 0 saturated heterocycles. The predicted octanol–water partition coefficient (Wildman–Crippen LogP) is 2.77. The van der Waals surface area contributed by atoms with Gasteiger partial charge in [-0.2, -0.15) is 5.10 Å². The van der Waals surface area contributed by atoms with E-state index in [4.69, 9.17) is 0 Å². The molecule has 0 bridgehead atoms. The second-order valence-corrected chi connectivity index (χ2v) is 7.00. The molecule has 2 heterocycles. The SMILES string of the molecule is Cc1ccc(C)c(N2N=C(C(=O)N3CC(=O)Nc4ccccc43)CCC2=O)c1.